The van der Waals surface area contributed by atoms with Gasteiger partial charge in [0.15, 0.2) is 0 Å². The first-order valence-corrected chi connectivity index (χ1v) is 4.53. The van der Waals surface area contributed by atoms with Gasteiger partial charge in [-0.2, -0.15) is 0 Å². The topological polar surface area (TPSA) is 37.3 Å². The van der Waals surface area contributed by atoms with Crippen LogP contribution in [0.3, 0.4) is 0 Å². The summed E-state index contributed by atoms with van der Waals surface area (Å²) in [5.74, 6) is -1.73. The standard InChI is InChI=1S/C8H5BrClFO2/c9-5-1-2-6(10)4(8(5)11)3-7(12)13/h1-2H,3H2,(H,12,13). The maximum Gasteiger partial charge on any atom is 0.307 e. The van der Waals surface area contributed by atoms with Crippen molar-refractivity contribution in [3.8, 4) is 0 Å². The second-order valence-electron chi connectivity index (χ2n) is 2.39. The molecular weight excluding hydrogens is 262 g/mol. The molecular formula is C8H5BrClFO2. The van der Waals surface area contributed by atoms with Crippen LogP contribution in [0.4, 0.5) is 4.39 Å². The average molecular weight is 267 g/mol. The van der Waals surface area contributed by atoms with Crippen molar-refractivity contribution in [2.75, 3.05) is 0 Å². The smallest absolute Gasteiger partial charge is 0.307 e. The Morgan fingerprint density at radius 2 is 2.23 bits per heavy atom. The zero-order valence-corrected chi connectivity index (χ0v) is 8.69. The molecule has 1 rings (SSSR count). The summed E-state index contributed by atoms with van der Waals surface area (Å²) in [7, 11) is 0. The summed E-state index contributed by atoms with van der Waals surface area (Å²) in [6.07, 6.45) is -0.413. The molecule has 0 aromatic heterocycles. The van der Waals surface area contributed by atoms with Crippen LogP contribution in [-0.4, -0.2) is 11.1 Å². The summed E-state index contributed by atoms with van der Waals surface area (Å²) in [6.45, 7) is 0. The number of benzene rings is 1. The van der Waals surface area contributed by atoms with Gasteiger partial charge in [-0.1, -0.05) is 11.6 Å². The molecule has 0 aliphatic heterocycles. The minimum absolute atomic E-state index is 0.00328. The van der Waals surface area contributed by atoms with Gasteiger partial charge >= 0.3 is 5.97 Å². The SMILES string of the molecule is O=C(O)Cc1c(Cl)ccc(Br)c1F. The summed E-state index contributed by atoms with van der Waals surface area (Å²) >= 11 is 8.56. The zero-order chi connectivity index (χ0) is 10.0. The molecule has 13 heavy (non-hydrogen) atoms. The van der Waals surface area contributed by atoms with Crippen molar-refractivity contribution in [3.05, 3.63) is 33.0 Å². The molecule has 0 saturated heterocycles. The van der Waals surface area contributed by atoms with Gasteiger partial charge in [-0.3, -0.25) is 4.79 Å². The summed E-state index contributed by atoms with van der Waals surface area (Å²) in [5.41, 5.74) is 0.00328. The molecule has 0 fully saturated rings. The maximum atomic E-state index is 13.2. The van der Waals surface area contributed by atoms with Gasteiger partial charge in [-0.15, -0.1) is 0 Å². The van der Waals surface area contributed by atoms with E-state index < -0.39 is 18.2 Å². The van der Waals surface area contributed by atoms with Crippen LogP contribution in [0.25, 0.3) is 0 Å². The Morgan fingerprint density at radius 1 is 1.62 bits per heavy atom. The average Bonchev–Trinajstić information content (AvgIpc) is 2.05. The number of rotatable bonds is 2. The van der Waals surface area contributed by atoms with E-state index >= 15 is 0 Å². The molecule has 0 aliphatic rings. The molecule has 0 atom stereocenters. The second kappa shape index (κ2) is 4.07. The highest BCUT2D eigenvalue weighted by atomic mass is 79.9. The summed E-state index contributed by atoms with van der Waals surface area (Å²) in [4.78, 5) is 10.3. The zero-order valence-electron chi connectivity index (χ0n) is 6.35. The maximum absolute atomic E-state index is 13.2. The Hall–Kier alpha value is -0.610. The highest BCUT2D eigenvalue weighted by Gasteiger charge is 2.13. The van der Waals surface area contributed by atoms with Crippen LogP contribution in [0.1, 0.15) is 5.56 Å². The largest absolute Gasteiger partial charge is 0.481 e. The molecule has 0 spiro atoms. The molecule has 0 bridgehead atoms. The quantitative estimate of drug-likeness (QED) is 0.837. The lowest BCUT2D eigenvalue weighted by Crippen LogP contribution is -2.03. The summed E-state index contributed by atoms with van der Waals surface area (Å²) < 4.78 is 13.4. The van der Waals surface area contributed by atoms with Crippen molar-refractivity contribution in [2.24, 2.45) is 0 Å². The molecule has 70 valence electrons. The van der Waals surface area contributed by atoms with Crippen LogP contribution in [0, 0.1) is 5.82 Å². The van der Waals surface area contributed by atoms with Crippen molar-refractivity contribution in [1.82, 2.24) is 0 Å². The normalized spacial score (nSPS) is 10.1. The molecule has 0 unspecified atom stereocenters. The van der Waals surface area contributed by atoms with Crippen LogP contribution in [0.2, 0.25) is 5.02 Å². The second-order valence-corrected chi connectivity index (χ2v) is 3.65. The first-order chi connectivity index (χ1) is 6.02. The highest BCUT2D eigenvalue weighted by molar-refractivity contribution is 9.10. The van der Waals surface area contributed by atoms with Crippen LogP contribution >= 0.6 is 27.5 Å². The summed E-state index contributed by atoms with van der Waals surface area (Å²) in [5, 5.41) is 8.59. The predicted octanol–water partition coefficient (Wildman–Crippen LogP) is 2.87. The summed E-state index contributed by atoms with van der Waals surface area (Å²) in [6, 6.07) is 2.88. The Labute approximate surface area is 87.5 Å². The Morgan fingerprint density at radius 3 is 2.77 bits per heavy atom. The Kier molecular flexibility index (Phi) is 3.27. The fourth-order valence-corrected chi connectivity index (χ4v) is 1.47. The lowest BCUT2D eigenvalue weighted by Gasteiger charge is -2.03. The van der Waals surface area contributed by atoms with Gasteiger partial charge in [-0.05, 0) is 28.1 Å². The van der Waals surface area contributed by atoms with E-state index in [0.717, 1.165) is 0 Å². The van der Waals surface area contributed by atoms with Gasteiger partial charge in [0.1, 0.15) is 5.82 Å². The van der Waals surface area contributed by atoms with Gasteiger partial charge in [0.25, 0.3) is 0 Å². The fraction of sp³-hybridized carbons (Fsp3) is 0.125. The van der Waals surface area contributed by atoms with E-state index in [4.69, 9.17) is 16.7 Å². The molecule has 1 aromatic carbocycles. The van der Waals surface area contributed by atoms with Crippen molar-refractivity contribution < 1.29 is 14.3 Å². The molecule has 1 aromatic rings. The van der Waals surface area contributed by atoms with Crippen LogP contribution in [0.5, 0.6) is 0 Å². The Bertz CT molecular complexity index is 354. The number of aliphatic carboxylic acids is 1. The number of hydrogen-bond acceptors (Lipinski definition) is 1. The van der Waals surface area contributed by atoms with E-state index in [-0.39, 0.29) is 15.1 Å². The van der Waals surface area contributed by atoms with Crippen LogP contribution in [0.15, 0.2) is 16.6 Å². The molecule has 2 nitrogen and oxygen atoms in total. The third-order valence-corrected chi connectivity index (χ3v) is 2.43. The molecule has 1 N–H and O–H groups in total. The molecule has 0 saturated carbocycles. The number of hydrogen-bond donors (Lipinski definition) is 1. The van der Waals surface area contributed by atoms with Gasteiger partial charge in [0, 0.05) is 10.6 Å². The van der Waals surface area contributed by atoms with Crippen molar-refractivity contribution in [1.29, 1.82) is 0 Å². The van der Waals surface area contributed by atoms with E-state index in [1.807, 2.05) is 0 Å². The van der Waals surface area contributed by atoms with E-state index in [9.17, 15) is 9.18 Å². The van der Waals surface area contributed by atoms with Gasteiger partial charge in [-0.25, -0.2) is 4.39 Å². The number of carbonyl (C=O) groups is 1. The van der Waals surface area contributed by atoms with E-state index in [1.54, 1.807) is 0 Å². The third-order valence-electron chi connectivity index (χ3n) is 1.47. The van der Waals surface area contributed by atoms with E-state index in [1.165, 1.54) is 12.1 Å². The van der Waals surface area contributed by atoms with Gasteiger partial charge < -0.3 is 5.11 Å². The molecule has 5 heteroatoms. The van der Waals surface area contributed by atoms with E-state index in [0.29, 0.717) is 0 Å². The Balaban J connectivity index is 3.17. The first kappa shape index (κ1) is 10.5. The molecule has 0 heterocycles. The van der Waals surface area contributed by atoms with E-state index in [2.05, 4.69) is 15.9 Å². The van der Waals surface area contributed by atoms with Crippen molar-refractivity contribution >= 4 is 33.5 Å². The van der Waals surface area contributed by atoms with Crippen molar-refractivity contribution in [2.45, 2.75) is 6.42 Å². The predicted molar refractivity (Wildman–Crippen MR) is 50.4 cm³/mol. The van der Waals surface area contributed by atoms with Gasteiger partial charge in [0.05, 0.1) is 10.9 Å². The van der Waals surface area contributed by atoms with Crippen LogP contribution in [-0.2, 0) is 11.2 Å². The third kappa shape index (κ3) is 2.42. The minimum atomic E-state index is -1.11. The molecule has 0 aliphatic carbocycles. The molecule has 0 radical (unpaired) electrons. The lowest BCUT2D eigenvalue weighted by atomic mass is 10.1. The molecule has 0 amide bonds. The monoisotopic (exact) mass is 266 g/mol. The van der Waals surface area contributed by atoms with Gasteiger partial charge in [0.2, 0.25) is 0 Å². The highest BCUT2D eigenvalue weighted by Crippen LogP contribution is 2.26. The number of carboxylic acids is 1. The minimum Gasteiger partial charge on any atom is -0.481 e. The fourth-order valence-electron chi connectivity index (χ4n) is 0.882. The first-order valence-electron chi connectivity index (χ1n) is 3.36. The number of carboxylic acid groups (broad SMARTS) is 1. The lowest BCUT2D eigenvalue weighted by molar-refractivity contribution is -0.136. The van der Waals surface area contributed by atoms with Crippen molar-refractivity contribution in [3.63, 3.8) is 0 Å². The number of halogens is 3. The van der Waals surface area contributed by atoms with Crippen LogP contribution < -0.4 is 0 Å².